The van der Waals surface area contributed by atoms with Crippen molar-refractivity contribution in [3.63, 3.8) is 0 Å². The maximum atomic E-state index is 13.2. The number of benzene rings is 2. The van der Waals surface area contributed by atoms with Crippen LogP contribution in [0.25, 0.3) is 0 Å². The van der Waals surface area contributed by atoms with Crippen LogP contribution in [0.1, 0.15) is 22.9 Å². The molecule has 8 heteroatoms. The summed E-state index contributed by atoms with van der Waals surface area (Å²) in [6.07, 6.45) is 0.729. The van der Waals surface area contributed by atoms with E-state index in [2.05, 4.69) is 0 Å². The second-order valence-electron chi connectivity index (χ2n) is 7.79. The van der Waals surface area contributed by atoms with E-state index in [-0.39, 0.29) is 36.9 Å². The zero-order chi connectivity index (χ0) is 23.5. The summed E-state index contributed by atoms with van der Waals surface area (Å²) >= 11 is 1.75. The first-order valence-electron chi connectivity index (χ1n) is 11.1. The van der Waals surface area contributed by atoms with Crippen molar-refractivity contribution >= 4 is 23.6 Å². The van der Waals surface area contributed by atoms with Crippen molar-refractivity contribution in [3.05, 3.63) is 65.7 Å². The highest BCUT2D eigenvalue weighted by atomic mass is 32.2. The van der Waals surface area contributed by atoms with Crippen molar-refractivity contribution in [2.45, 2.75) is 18.4 Å². The van der Waals surface area contributed by atoms with Gasteiger partial charge in [-0.1, -0.05) is 42.5 Å². The molecule has 0 N–H and O–H groups in total. The minimum atomic E-state index is -0.341. The zero-order valence-electron chi connectivity index (χ0n) is 19.3. The summed E-state index contributed by atoms with van der Waals surface area (Å²) in [5, 5.41) is -0.0331. The summed E-state index contributed by atoms with van der Waals surface area (Å²) < 4.78 is 15.8. The van der Waals surface area contributed by atoms with Gasteiger partial charge >= 0.3 is 5.97 Å². The monoisotopic (exact) mass is 472 g/mol. The van der Waals surface area contributed by atoms with Gasteiger partial charge in [-0.05, 0) is 29.7 Å². The van der Waals surface area contributed by atoms with Crippen LogP contribution in [0.5, 0.6) is 5.75 Å². The number of hydrogen-bond acceptors (Lipinski definition) is 7. The molecule has 1 fully saturated rings. The lowest BCUT2D eigenvalue weighted by atomic mass is 10.2. The van der Waals surface area contributed by atoms with Crippen molar-refractivity contribution in [2.75, 3.05) is 52.8 Å². The van der Waals surface area contributed by atoms with E-state index in [4.69, 9.17) is 14.2 Å². The van der Waals surface area contributed by atoms with Crippen LogP contribution in [0.15, 0.2) is 54.6 Å². The summed E-state index contributed by atoms with van der Waals surface area (Å²) in [6.45, 7) is 2.28. The Morgan fingerprint density at radius 3 is 2.52 bits per heavy atom. The lowest BCUT2D eigenvalue weighted by Gasteiger charge is -2.28. The van der Waals surface area contributed by atoms with Crippen molar-refractivity contribution < 1.29 is 23.8 Å². The number of carbonyl (C=O) groups excluding carboxylic acids is 2. The number of carbonyl (C=O) groups is 2. The van der Waals surface area contributed by atoms with E-state index in [1.807, 2.05) is 64.4 Å². The molecule has 1 atom stereocenters. The van der Waals surface area contributed by atoms with E-state index < -0.39 is 0 Å². The number of esters is 1. The highest BCUT2D eigenvalue weighted by molar-refractivity contribution is 7.99. The van der Waals surface area contributed by atoms with Crippen LogP contribution in [-0.4, -0.2) is 74.4 Å². The fourth-order valence-corrected chi connectivity index (χ4v) is 4.94. The minimum absolute atomic E-state index is 0.00842. The molecule has 0 spiro atoms. The molecule has 178 valence electrons. The summed E-state index contributed by atoms with van der Waals surface area (Å²) in [5.41, 5.74) is 2.00. The van der Waals surface area contributed by atoms with E-state index in [0.717, 1.165) is 29.1 Å². The Morgan fingerprint density at radius 2 is 1.82 bits per heavy atom. The Hall–Kier alpha value is -2.55. The van der Waals surface area contributed by atoms with E-state index in [0.29, 0.717) is 19.7 Å². The van der Waals surface area contributed by atoms with Gasteiger partial charge in [0.2, 0.25) is 5.91 Å². The lowest BCUT2D eigenvalue weighted by Crippen LogP contribution is -2.42. The van der Waals surface area contributed by atoms with Crippen LogP contribution in [-0.2, 0) is 25.7 Å². The molecule has 3 rings (SSSR count). The zero-order valence-corrected chi connectivity index (χ0v) is 20.1. The molecule has 1 aliphatic heterocycles. The highest BCUT2D eigenvalue weighted by Crippen LogP contribution is 2.38. The summed E-state index contributed by atoms with van der Waals surface area (Å²) in [6, 6.07) is 17.4. The molecule has 0 radical (unpaired) electrons. The molecule has 1 aliphatic rings. The standard InChI is InChI=1S/C25H32N2O5S/c1-30-15-6-13-26(18-24(29)32-19-20-7-4-3-5-8-20)17-23(28)27-14-16-33-25(27)21-9-11-22(31-2)12-10-21/h3-5,7-12,25H,6,13-19H2,1-2H3/t25-/m1/s1. The number of thioether (sulfide) groups is 1. The number of methoxy groups -OCH3 is 2. The first-order valence-corrected chi connectivity index (χ1v) is 12.1. The van der Waals surface area contributed by atoms with Gasteiger partial charge in [-0.3, -0.25) is 14.5 Å². The van der Waals surface area contributed by atoms with Gasteiger partial charge in [0.15, 0.2) is 0 Å². The average Bonchev–Trinajstić information content (AvgIpc) is 3.34. The smallest absolute Gasteiger partial charge is 0.320 e. The molecule has 0 aliphatic carbocycles. The van der Waals surface area contributed by atoms with E-state index in [9.17, 15) is 9.59 Å². The fraction of sp³-hybridized carbons (Fsp3) is 0.440. The fourth-order valence-electron chi connectivity index (χ4n) is 3.67. The van der Waals surface area contributed by atoms with Gasteiger partial charge in [-0.25, -0.2) is 0 Å². The number of rotatable bonds is 12. The van der Waals surface area contributed by atoms with E-state index >= 15 is 0 Å². The molecule has 1 amide bonds. The van der Waals surface area contributed by atoms with Crippen LogP contribution in [0.4, 0.5) is 0 Å². The predicted octanol–water partition coefficient (Wildman–Crippen LogP) is 3.35. The topological polar surface area (TPSA) is 68.3 Å². The Bertz CT molecular complexity index is 878. The molecule has 2 aromatic carbocycles. The second kappa shape index (κ2) is 13.2. The molecule has 7 nitrogen and oxygen atoms in total. The van der Waals surface area contributed by atoms with Crippen LogP contribution in [0, 0.1) is 0 Å². The van der Waals surface area contributed by atoms with Gasteiger partial charge in [0.05, 0.1) is 20.2 Å². The summed E-state index contributed by atoms with van der Waals surface area (Å²) in [5.74, 6) is 1.34. The van der Waals surface area contributed by atoms with E-state index in [1.165, 1.54) is 0 Å². The normalized spacial score (nSPS) is 15.6. The van der Waals surface area contributed by atoms with Crippen LogP contribution >= 0.6 is 11.8 Å². The van der Waals surface area contributed by atoms with Gasteiger partial charge in [-0.15, -0.1) is 11.8 Å². The molecule has 0 saturated carbocycles. The molecule has 0 bridgehead atoms. The third kappa shape index (κ3) is 7.77. The predicted molar refractivity (Wildman–Crippen MR) is 129 cm³/mol. The molecular weight excluding hydrogens is 440 g/mol. The van der Waals surface area contributed by atoms with Crippen molar-refractivity contribution in [1.82, 2.24) is 9.80 Å². The summed E-state index contributed by atoms with van der Waals surface area (Å²) in [4.78, 5) is 29.4. The Labute approximate surface area is 200 Å². The molecular formula is C25H32N2O5S. The van der Waals surface area contributed by atoms with Crippen molar-refractivity contribution in [3.8, 4) is 5.75 Å². The second-order valence-corrected chi connectivity index (χ2v) is 8.97. The molecule has 1 saturated heterocycles. The highest BCUT2D eigenvalue weighted by Gasteiger charge is 2.31. The third-order valence-corrected chi connectivity index (χ3v) is 6.65. The molecule has 0 aromatic heterocycles. The minimum Gasteiger partial charge on any atom is -0.497 e. The summed E-state index contributed by atoms with van der Waals surface area (Å²) in [7, 11) is 3.28. The van der Waals surface area contributed by atoms with Crippen LogP contribution in [0.3, 0.4) is 0 Å². The van der Waals surface area contributed by atoms with E-state index in [1.54, 1.807) is 26.0 Å². The van der Waals surface area contributed by atoms with Crippen LogP contribution in [0.2, 0.25) is 0 Å². The van der Waals surface area contributed by atoms with Gasteiger partial charge < -0.3 is 19.1 Å². The quantitative estimate of drug-likeness (QED) is 0.347. The van der Waals surface area contributed by atoms with Gasteiger partial charge in [0.1, 0.15) is 17.7 Å². The first kappa shape index (κ1) is 25.1. The van der Waals surface area contributed by atoms with Crippen molar-refractivity contribution in [1.29, 1.82) is 0 Å². The molecule has 33 heavy (non-hydrogen) atoms. The van der Waals surface area contributed by atoms with Gasteiger partial charge in [-0.2, -0.15) is 0 Å². The largest absolute Gasteiger partial charge is 0.497 e. The van der Waals surface area contributed by atoms with Crippen LogP contribution < -0.4 is 4.74 Å². The molecule has 0 unspecified atom stereocenters. The number of amides is 1. The first-order chi connectivity index (χ1) is 16.1. The lowest BCUT2D eigenvalue weighted by molar-refractivity contribution is -0.147. The van der Waals surface area contributed by atoms with Gasteiger partial charge in [0.25, 0.3) is 0 Å². The number of nitrogens with zero attached hydrogens (tertiary/aromatic N) is 2. The maximum absolute atomic E-state index is 13.2. The molecule has 1 heterocycles. The number of ether oxygens (including phenoxy) is 3. The SMILES string of the molecule is COCCCN(CC(=O)OCc1ccccc1)CC(=O)N1CCS[C@@H]1c1ccc(OC)cc1. The maximum Gasteiger partial charge on any atom is 0.320 e. The average molecular weight is 473 g/mol. The number of hydrogen-bond donors (Lipinski definition) is 0. The van der Waals surface area contributed by atoms with Crippen molar-refractivity contribution in [2.24, 2.45) is 0 Å². The third-order valence-electron chi connectivity index (χ3n) is 5.39. The van der Waals surface area contributed by atoms with Gasteiger partial charge in [0, 0.05) is 32.6 Å². The molecule has 2 aromatic rings. The Kier molecular flexibility index (Phi) is 10.1. The Morgan fingerprint density at radius 1 is 1.06 bits per heavy atom. The Balaban J connectivity index is 1.59.